The number of likely N-dealkylation sites (tertiary alicyclic amines) is 2. The third kappa shape index (κ3) is 15.6. The van der Waals surface area contributed by atoms with Crippen LogP contribution >= 0.6 is 11.3 Å². The van der Waals surface area contributed by atoms with Crippen molar-refractivity contribution < 1.29 is 47.5 Å². The van der Waals surface area contributed by atoms with Crippen LogP contribution in [0.1, 0.15) is 86.8 Å². The van der Waals surface area contributed by atoms with Crippen molar-refractivity contribution in [2.75, 3.05) is 44.7 Å². The van der Waals surface area contributed by atoms with Crippen LogP contribution in [0.2, 0.25) is 0 Å². The number of piperidine rings is 2. The first-order valence-corrected chi connectivity index (χ1v) is 28.6. The van der Waals surface area contributed by atoms with Crippen LogP contribution in [0.25, 0.3) is 21.8 Å². The lowest BCUT2D eigenvalue weighted by atomic mass is 9.83. The number of ether oxygens (including phenoxy) is 2. The van der Waals surface area contributed by atoms with E-state index in [0.29, 0.717) is 94.2 Å². The fourth-order valence-corrected chi connectivity index (χ4v) is 11.2. The van der Waals surface area contributed by atoms with Gasteiger partial charge in [-0.2, -0.15) is 0 Å². The molecular formula is C57H65N9O10S2. The monoisotopic (exact) mass is 1100 g/mol. The average Bonchev–Trinajstić information content (AvgIpc) is 3.95. The van der Waals surface area contributed by atoms with Gasteiger partial charge in [0.1, 0.15) is 39.6 Å². The van der Waals surface area contributed by atoms with E-state index in [1.165, 1.54) is 6.26 Å². The van der Waals surface area contributed by atoms with Gasteiger partial charge in [0.05, 0.1) is 47.3 Å². The summed E-state index contributed by atoms with van der Waals surface area (Å²) in [6.45, 7) is 8.22. The number of hydrogen-bond donors (Lipinski definition) is 6. The maximum Gasteiger partial charge on any atom is 0.251 e. The zero-order valence-electron chi connectivity index (χ0n) is 43.9. The maximum atomic E-state index is 13.2. The number of carbonyl (C=O) groups excluding carboxylic acids is 4. The molecule has 3 aromatic heterocycles. The second kappa shape index (κ2) is 25.8. The quantitative estimate of drug-likeness (QED) is 0.0357. The van der Waals surface area contributed by atoms with Crippen molar-refractivity contribution in [1.29, 1.82) is 0 Å². The highest BCUT2D eigenvalue weighted by molar-refractivity contribution is 7.90. The second-order valence-corrected chi connectivity index (χ2v) is 23.3. The van der Waals surface area contributed by atoms with Crippen molar-refractivity contribution >= 4 is 66.6 Å². The molecule has 6 N–H and O–H groups in total. The molecule has 0 aliphatic carbocycles. The Hall–Kier alpha value is -7.40. The van der Waals surface area contributed by atoms with E-state index < -0.39 is 32.7 Å². The van der Waals surface area contributed by atoms with Crippen LogP contribution in [0.15, 0.2) is 121 Å². The zero-order valence-corrected chi connectivity index (χ0v) is 45.5. The number of thiazole rings is 1. The maximum absolute atomic E-state index is 13.2. The zero-order chi connectivity index (χ0) is 55.3. The summed E-state index contributed by atoms with van der Waals surface area (Å²) in [5.74, 6) is -0.416. The van der Waals surface area contributed by atoms with E-state index in [1.54, 1.807) is 77.0 Å². The van der Waals surface area contributed by atoms with Gasteiger partial charge in [0.25, 0.3) is 11.8 Å². The molecule has 410 valence electrons. The fraction of sp³-hybridized carbons (Fsp3) is 0.351. The topological polar surface area (TPSA) is 255 Å². The highest BCUT2D eigenvalue weighted by Gasteiger charge is 2.40. The summed E-state index contributed by atoms with van der Waals surface area (Å²) in [5, 5.41) is 29.4. The Bertz CT molecular complexity index is 3310. The molecule has 7 aromatic rings. The van der Waals surface area contributed by atoms with Crippen molar-refractivity contribution in [3.8, 4) is 11.5 Å². The summed E-state index contributed by atoms with van der Waals surface area (Å²) in [6, 6.07) is 33.7. The first-order chi connectivity index (χ1) is 37.5. The lowest BCUT2D eigenvalue weighted by molar-refractivity contribution is -0.132. The van der Waals surface area contributed by atoms with Gasteiger partial charge in [0.15, 0.2) is 0 Å². The smallest absolute Gasteiger partial charge is 0.251 e. The molecule has 2 fully saturated rings. The van der Waals surface area contributed by atoms with Gasteiger partial charge in [-0.05, 0) is 112 Å². The molecule has 2 aliphatic rings. The number of para-hydroxylation sites is 2. The molecule has 4 amide bonds. The lowest BCUT2D eigenvalue weighted by Gasteiger charge is -2.42. The molecule has 4 aromatic carbocycles. The van der Waals surface area contributed by atoms with Crippen molar-refractivity contribution in [2.45, 2.75) is 83.2 Å². The molecule has 2 aliphatic heterocycles. The summed E-state index contributed by atoms with van der Waals surface area (Å²) >= 11 is 1.61. The minimum Gasteiger partial charge on any atom is -0.489 e. The van der Waals surface area contributed by atoms with Gasteiger partial charge >= 0.3 is 0 Å². The van der Waals surface area contributed by atoms with Crippen molar-refractivity contribution in [1.82, 2.24) is 46.3 Å². The van der Waals surface area contributed by atoms with Crippen LogP contribution in [0.5, 0.6) is 11.5 Å². The Labute approximate surface area is 457 Å². The van der Waals surface area contributed by atoms with E-state index in [2.05, 4.69) is 30.5 Å². The number of aromatic nitrogens is 3. The van der Waals surface area contributed by atoms with Crippen molar-refractivity contribution in [3.05, 3.63) is 159 Å². The highest BCUT2D eigenvalue weighted by atomic mass is 32.2. The van der Waals surface area contributed by atoms with Crippen LogP contribution in [0, 0.1) is 13.8 Å². The fourth-order valence-electron chi connectivity index (χ4n) is 9.93. The van der Waals surface area contributed by atoms with Crippen LogP contribution in [-0.4, -0.2) is 123 Å². The van der Waals surface area contributed by atoms with E-state index in [-0.39, 0.29) is 30.4 Å². The van der Waals surface area contributed by atoms with Crippen LogP contribution in [-0.2, 0) is 39.2 Å². The number of nitrogens with zero attached hydrogens (tertiary/aromatic N) is 5. The number of fused-ring (bicyclic) bond motifs is 2. The number of hydroxylamine groups is 2. The van der Waals surface area contributed by atoms with E-state index in [1.807, 2.05) is 84.8 Å². The number of hydrogen-bond acceptors (Lipinski definition) is 16. The molecule has 5 heterocycles. The molecule has 78 heavy (non-hydrogen) atoms. The van der Waals surface area contributed by atoms with E-state index in [9.17, 15) is 27.6 Å². The lowest BCUT2D eigenvalue weighted by Crippen LogP contribution is -2.57. The predicted molar refractivity (Wildman–Crippen MR) is 296 cm³/mol. The number of pyridine rings is 2. The van der Waals surface area contributed by atoms with Gasteiger partial charge < -0.3 is 25.0 Å². The Morgan fingerprint density at radius 2 is 1.08 bits per heavy atom. The van der Waals surface area contributed by atoms with E-state index in [4.69, 9.17) is 19.9 Å². The molecule has 19 nitrogen and oxygen atoms in total. The highest BCUT2D eigenvalue weighted by Crippen LogP contribution is 2.30. The second-order valence-electron chi connectivity index (χ2n) is 20.1. The summed E-state index contributed by atoms with van der Waals surface area (Å²) in [7, 11) is -3.09. The average molecular weight is 1100 g/mol. The molecule has 21 heteroatoms. The first kappa shape index (κ1) is 56.8. The van der Waals surface area contributed by atoms with Crippen LogP contribution < -0.4 is 31.1 Å². The van der Waals surface area contributed by atoms with Crippen molar-refractivity contribution in [3.63, 3.8) is 0 Å². The Balaban J connectivity index is 0.000000206. The number of sulfone groups is 1. The number of nitrogens with one attached hydrogen (secondary N) is 4. The Morgan fingerprint density at radius 3 is 1.49 bits per heavy atom. The number of aryl methyl sites for hydroxylation is 2. The van der Waals surface area contributed by atoms with E-state index >= 15 is 0 Å². The summed E-state index contributed by atoms with van der Waals surface area (Å²) in [6.07, 6.45) is 4.95. The van der Waals surface area contributed by atoms with Gasteiger partial charge in [0.2, 0.25) is 11.8 Å². The van der Waals surface area contributed by atoms with Crippen molar-refractivity contribution in [2.24, 2.45) is 0 Å². The Morgan fingerprint density at radius 1 is 0.641 bits per heavy atom. The molecule has 0 spiro atoms. The number of rotatable bonds is 19. The molecule has 0 radical (unpaired) electrons. The van der Waals surface area contributed by atoms with Gasteiger partial charge in [-0.1, -0.05) is 36.4 Å². The number of carbonyl (C=O) groups is 4. The van der Waals surface area contributed by atoms with Crippen LogP contribution in [0.3, 0.4) is 0 Å². The molecule has 2 saturated heterocycles. The first-order valence-electron chi connectivity index (χ1n) is 25.7. The van der Waals surface area contributed by atoms with Crippen LogP contribution in [0.4, 0.5) is 0 Å². The van der Waals surface area contributed by atoms with Gasteiger partial charge in [-0.25, -0.2) is 24.4 Å². The third-order valence-corrected chi connectivity index (χ3v) is 15.8. The largest absolute Gasteiger partial charge is 0.489 e. The summed E-state index contributed by atoms with van der Waals surface area (Å²) in [5.41, 5.74) is 8.38. The molecule has 0 atom stereocenters. The summed E-state index contributed by atoms with van der Waals surface area (Å²) < 4.78 is 35.1. The third-order valence-electron chi connectivity index (χ3n) is 14.1. The summed E-state index contributed by atoms with van der Waals surface area (Å²) in [4.78, 5) is 68.3. The normalized spacial score (nSPS) is 15.3. The van der Waals surface area contributed by atoms with Gasteiger partial charge in [-0.3, -0.25) is 44.5 Å². The van der Waals surface area contributed by atoms with Gasteiger partial charge in [-0.15, -0.1) is 11.3 Å². The minimum atomic E-state index is -3.09. The molecule has 0 bridgehead atoms. The number of benzene rings is 4. The predicted octanol–water partition coefficient (Wildman–Crippen LogP) is 6.87. The minimum absolute atomic E-state index is 0.000826. The Kier molecular flexibility index (Phi) is 18.8. The van der Waals surface area contributed by atoms with Gasteiger partial charge in [0, 0.05) is 95.0 Å². The number of amides is 4. The molecular weight excluding hydrogens is 1030 g/mol. The molecule has 0 unspecified atom stereocenters. The molecule has 9 rings (SSSR count). The SMILES string of the molecule is Cc1cc(COc2ccc(C(=O)NC3(CC(=O)NO)CCN(CCS(C)(=O)=O)CC3)cc2)c2ccccc2n1.Cc1cc(COc2ccc(C(=O)NC3(CC(=O)NO)CCN(Cc4nccs4)CC3)cc2)c2ccccc2n1. The molecule has 0 saturated carbocycles. The standard InChI is InChI=1S/C29H31N5O4S.C28H34N4O6S/c1-20-16-22(24-4-2-3-5-25(24)31-20)19-38-23-8-6-21(7-9-23)28(36)32-29(17-26(35)33-37)10-13-34(14-11-29)18-27-30-12-15-39-27;1-20-17-22(24-5-3-4-6-25(24)29-20)19-38-23-9-7-21(8-10-23)27(34)30-28(18-26(33)31-35)11-13-32(14-12-28)15-16-39(2,36)37/h2-9,12,15-16,37H,10-11,13-14,17-19H2,1H3,(H,32,36)(H,33,35);3-10,17,35H,11-16,18-19H2,1-2H3,(H,30,34)(H,31,33). The van der Waals surface area contributed by atoms with E-state index in [0.717, 1.165) is 55.9 Å².